The summed E-state index contributed by atoms with van der Waals surface area (Å²) in [4.78, 5) is 14.3. The van der Waals surface area contributed by atoms with E-state index in [1.165, 1.54) is 38.5 Å². The maximum absolute atomic E-state index is 12.3. The first-order chi connectivity index (χ1) is 8.22. The predicted octanol–water partition coefficient (Wildman–Crippen LogP) is 2.59. The second-order valence-corrected chi connectivity index (χ2v) is 5.48. The van der Waals surface area contributed by atoms with Crippen LogP contribution in [0.3, 0.4) is 0 Å². The summed E-state index contributed by atoms with van der Waals surface area (Å²) in [7, 11) is 0. The van der Waals surface area contributed by atoms with Crippen molar-refractivity contribution in [1.29, 1.82) is 0 Å². The monoisotopic (exact) mass is 239 g/mol. The van der Waals surface area contributed by atoms with Gasteiger partial charge >= 0.3 is 0 Å². The second-order valence-electron chi connectivity index (χ2n) is 5.48. The van der Waals surface area contributed by atoms with Gasteiger partial charge in [0.2, 0.25) is 0 Å². The molecule has 0 aliphatic heterocycles. The average molecular weight is 239 g/mol. The van der Waals surface area contributed by atoms with E-state index in [9.17, 15) is 4.79 Å². The van der Waals surface area contributed by atoms with Gasteiger partial charge in [-0.15, -0.1) is 0 Å². The number of hydrogen-bond donors (Lipinski definition) is 0. The molecule has 0 N–H and O–H groups in total. The van der Waals surface area contributed by atoms with Gasteiger partial charge in [0.15, 0.2) is 0 Å². The molecule has 0 aromatic rings. The Morgan fingerprint density at radius 2 is 1.94 bits per heavy atom. The van der Waals surface area contributed by atoms with Crippen LogP contribution in [0.25, 0.3) is 0 Å². The number of amides is 1. The van der Waals surface area contributed by atoms with Crippen molar-refractivity contribution in [2.75, 3.05) is 13.2 Å². The van der Waals surface area contributed by atoms with E-state index < -0.39 is 0 Å². The molecule has 0 aromatic heterocycles. The molecule has 17 heavy (non-hydrogen) atoms. The van der Waals surface area contributed by atoms with Crippen LogP contribution in [-0.4, -0.2) is 36.1 Å². The zero-order valence-electron chi connectivity index (χ0n) is 11.2. The van der Waals surface area contributed by atoms with Gasteiger partial charge in [0, 0.05) is 12.6 Å². The molecule has 2 fully saturated rings. The van der Waals surface area contributed by atoms with Crippen LogP contribution in [0.5, 0.6) is 0 Å². The van der Waals surface area contributed by atoms with Gasteiger partial charge in [-0.3, -0.25) is 4.79 Å². The summed E-state index contributed by atoms with van der Waals surface area (Å²) in [6.07, 6.45) is 7.19. The third kappa shape index (κ3) is 3.44. The van der Waals surface area contributed by atoms with Gasteiger partial charge in [-0.25, -0.2) is 0 Å². The molecule has 0 spiro atoms. The summed E-state index contributed by atoms with van der Waals surface area (Å²) in [5.41, 5.74) is 0. The van der Waals surface area contributed by atoms with Crippen molar-refractivity contribution in [1.82, 2.24) is 4.90 Å². The fourth-order valence-corrected chi connectivity index (χ4v) is 2.68. The SMILES string of the molecule is CCN(C(=O)[C@@H](C)OCC1CC1)C1CCCC1. The number of ether oxygens (including phenoxy) is 1. The number of nitrogens with zero attached hydrogens (tertiary/aromatic N) is 1. The van der Waals surface area contributed by atoms with Crippen molar-refractivity contribution in [2.45, 2.75) is 64.5 Å². The maximum atomic E-state index is 12.3. The lowest BCUT2D eigenvalue weighted by Gasteiger charge is -2.30. The first-order valence-electron chi connectivity index (χ1n) is 7.14. The summed E-state index contributed by atoms with van der Waals surface area (Å²) < 4.78 is 5.68. The Balaban J connectivity index is 1.81. The largest absolute Gasteiger partial charge is 0.368 e. The molecule has 0 aromatic carbocycles. The van der Waals surface area contributed by atoms with Crippen molar-refractivity contribution < 1.29 is 9.53 Å². The lowest BCUT2D eigenvalue weighted by Crippen LogP contribution is -2.44. The number of carbonyl (C=O) groups excluding carboxylic acids is 1. The lowest BCUT2D eigenvalue weighted by atomic mass is 10.2. The highest BCUT2D eigenvalue weighted by atomic mass is 16.5. The molecular weight excluding hydrogens is 214 g/mol. The van der Waals surface area contributed by atoms with Gasteiger partial charge < -0.3 is 9.64 Å². The summed E-state index contributed by atoms with van der Waals surface area (Å²) in [6.45, 7) is 5.57. The van der Waals surface area contributed by atoms with Crippen LogP contribution in [-0.2, 0) is 9.53 Å². The summed E-state index contributed by atoms with van der Waals surface area (Å²) in [5.74, 6) is 0.923. The van der Waals surface area contributed by atoms with Crippen LogP contribution in [0.1, 0.15) is 52.4 Å². The standard InChI is InChI=1S/C14H25NO2/c1-3-15(13-6-4-5-7-13)14(16)11(2)17-10-12-8-9-12/h11-13H,3-10H2,1-2H3/t11-/m1/s1. The molecular formula is C14H25NO2. The smallest absolute Gasteiger partial charge is 0.251 e. The maximum Gasteiger partial charge on any atom is 0.251 e. The Labute approximate surface area is 105 Å². The molecule has 3 heteroatoms. The second kappa shape index (κ2) is 5.85. The van der Waals surface area contributed by atoms with Crippen molar-refractivity contribution in [2.24, 2.45) is 5.92 Å². The van der Waals surface area contributed by atoms with Gasteiger partial charge in [-0.2, -0.15) is 0 Å². The Bertz CT molecular complexity index is 257. The Morgan fingerprint density at radius 1 is 1.29 bits per heavy atom. The molecule has 0 heterocycles. The molecule has 2 rings (SSSR count). The van der Waals surface area contributed by atoms with Crippen LogP contribution in [0, 0.1) is 5.92 Å². The zero-order valence-corrected chi connectivity index (χ0v) is 11.2. The molecule has 1 atom stereocenters. The van der Waals surface area contributed by atoms with E-state index in [0.717, 1.165) is 19.1 Å². The van der Waals surface area contributed by atoms with Crippen molar-refractivity contribution in [3.05, 3.63) is 0 Å². The third-order valence-corrected chi connectivity index (χ3v) is 4.02. The van der Waals surface area contributed by atoms with E-state index >= 15 is 0 Å². The van der Waals surface area contributed by atoms with Crippen molar-refractivity contribution in [3.8, 4) is 0 Å². The van der Waals surface area contributed by atoms with E-state index in [4.69, 9.17) is 4.74 Å². The number of likely N-dealkylation sites (N-methyl/N-ethyl adjacent to an activating group) is 1. The molecule has 98 valence electrons. The van der Waals surface area contributed by atoms with Gasteiger partial charge in [-0.05, 0) is 45.4 Å². The minimum atomic E-state index is -0.254. The molecule has 1 amide bonds. The van der Waals surface area contributed by atoms with Gasteiger partial charge in [0.05, 0.1) is 6.61 Å². The zero-order chi connectivity index (χ0) is 12.3. The van der Waals surface area contributed by atoms with Crippen LogP contribution in [0.15, 0.2) is 0 Å². The minimum Gasteiger partial charge on any atom is -0.368 e. The minimum absolute atomic E-state index is 0.194. The van der Waals surface area contributed by atoms with Crippen LogP contribution in [0.4, 0.5) is 0 Å². The predicted molar refractivity (Wildman–Crippen MR) is 67.8 cm³/mol. The highest BCUT2D eigenvalue weighted by Crippen LogP contribution is 2.29. The highest BCUT2D eigenvalue weighted by molar-refractivity contribution is 5.80. The Kier molecular flexibility index (Phi) is 4.43. The molecule has 3 nitrogen and oxygen atoms in total. The van der Waals surface area contributed by atoms with Crippen molar-refractivity contribution >= 4 is 5.91 Å². The first kappa shape index (κ1) is 12.9. The molecule has 2 aliphatic carbocycles. The topological polar surface area (TPSA) is 29.5 Å². The normalized spacial score (nSPS) is 22.7. The Morgan fingerprint density at radius 3 is 2.47 bits per heavy atom. The van der Waals surface area contributed by atoms with Gasteiger partial charge in [0.1, 0.15) is 6.10 Å². The van der Waals surface area contributed by atoms with Crippen molar-refractivity contribution in [3.63, 3.8) is 0 Å². The van der Waals surface area contributed by atoms with Crippen LogP contribution < -0.4 is 0 Å². The summed E-state index contributed by atoms with van der Waals surface area (Å²) >= 11 is 0. The van der Waals surface area contributed by atoms with E-state index in [2.05, 4.69) is 6.92 Å². The van der Waals surface area contributed by atoms with Gasteiger partial charge in [0.25, 0.3) is 5.91 Å². The molecule has 0 radical (unpaired) electrons. The number of rotatable bonds is 6. The summed E-state index contributed by atoms with van der Waals surface area (Å²) in [5, 5.41) is 0. The quantitative estimate of drug-likeness (QED) is 0.713. The number of carbonyl (C=O) groups is 1. The van der Waals surface area contributed by atoms with E-state index in [-0.39, 0.29) is 12.0 Å². The van der Waals surface area contributed by atoms with E-state index in [1.54, 1.807) is 0 Å². The van der Waals surface area contributed by atoms with Crippen LogP contribution >= 0.6 is 0 Å². The van der Waals surface area contributed by atoms with Gasteiger partial charge in [-0.1, -0.05) is 12.8 Å². The van der Waals surface area contributed by atoms with E-state index in [0.29, 0.717) is 6.04 Å². The fourth-order valence-electron chi connectivity index (χ4n) is 2.68. The van der Waals surface area contributed by atoms with E-state index in [1.807, 2.05) is 11.8 Å². The molecule has 0 bridgehead atoms. The molecule has 2 saturated carbocycles. The Hall–Kier alpha value is -0.570. The molecule has 0 saturated heterocycles. The first-order valence-corrected chi connectivity index (χ1v) is 7.14. The average Bonchev–Trinajstić information content (AvgIpc) is 3.02. The third-order valence-electron chi connectivity index (χ3n) is 4.02. The highest BCUT2D eigenvalue weighted by Gasteiger charge is 2.30. The number of hydrogen-bond acceptors (Lipinski definition) is 2. The summed E-state index contributed by atoms with van der Waals surface area (Å²) in [6, 6.07) is 0.472. The molecule has 0 unspecified atom stereocenters. The van der Waals surface area contributed by atoms with Crippen LogP contribution in [0.2, 0.25) is 0 Å². The lowest BCUT2D eigenvalue weighted by molar-refractivity contribution is -0.145. The molecule has 2 aliphatic rings. The fraction of sp³-hybridized carbons (Fsp3) is 0.929.